The number of ether oxygens (including phenoxy) is 1. The van der Waals surface area contributed by atoms with Crippen molar-refractivity contribution >= 4 is 17.5 Å². The first-order valence-electron chi connectivity index (χ1n) is 7.47. The molecule has 0 aliphatic carbocycles. The van der Waals surface area contributed by atoms with Crippen molar-refractivity contribution < 1.29 is 9.53 Å². The number of amides is 1. The average Bonchev–Trinajstić information content (AvgIpc) is 2.58. The van der Waals surface area contributed by atoms with E-state index in [4.69, 9.17) is 16.3 Å². The molecule has 2 aromatic carbocycles. The van der Waals surface area contributed by atoms with Crippen molar-refractivity contribution in [1.29, 1.82) is 0 Å². The van der Waals surface area contributed by atoms with Gasteiger partial charge in [0.2, 0.25) is 5.91 Å². The normalized spacial score (nSPS) is 11.8. The highest BCUT2D eigenvalue weighted by Crippen LogP contribution is 2.17. The van der Waals surface area contributed by atoms with E-state index in [1.807, 2.05) is 55.5 Å². The molecule has 2 aromatic rings. The molecule has 122 valence electrons. The molecular formula is C18H21ClN2O2. The van der Waals surface area contributed by atoms with Gasteiger partial charge < -0.3 is 15.4 Å². The Morgan fingerprint density at radius 1 is 1.22 bits per heavy atom. The van der Waals surface area contributed by atoms with E-state index in [1.165, 1.54) is 0 Å². The van der Waals surface area contributed by atoms with E-state index in [0.29, 0.717) is 11.6 Å². The van der Waals surface area contributed by atoms with Gasteiger partial charge in [0.15, 0.2) is 0 Å². The molecule has 0 aromatic heterocycles. The summed E-state index contributed by atoms with van der Waals surface area (Å²) < 4.78 is 5.10. The van der Waals surface area contributed by atoms with Gasteiger partial charge in [0.25, 0.3) is 0 Å². The predicted octanol–water partition coefficient (Wildman–Crippen LogP) is 3.32. The number of hydrogen-bond acceptors (Lipinski definition) is 3. The molecule has 23 heavy (non-hydrogen) atoms. The van der Waals surface area contributed by atoms with E-state index in [-0.39, 0.29) is 18.5 Å². The van der Waals surface area contributed by atoms with Crippen molar-refractivity contribution in [3.05, 3.63) is 64.7 Å². The Morgan fingerprint density at radius 3 is 2.61 bits per heavy atom. The largest absolute Gasteiger partial charge is 0.497 e. The Bertz CT molecular complexity index is 644. The Labute approximate surface area is 141 Å². The van der Waals surface area contributed by atoms with Gasteiger partial charge in [-0.2, -0.15) is 0 Å². The number of nitrogens with one attached hydrogen (secondary N) is 2. The summed E-state index contributed by atoms with van der Waals surface area (Å²) >= 11 is 5.97. The number of carbonyl (C=O) groups excluding carboxylic acids is 1. The fourth-order valence-corrected chi connectivity index (χ4v) is 2.34. The fourth-order valence-electron chi connectivity index (χ4n) is 2.15. The molecule has 0 aliphatic heterocycles. The van der Waals surface area contributed by atoms with Crippen molar-refractivity contribution in [2.75, 3.05) is 13.7 Å². The SMILES string of the molecule is COc1ccc(CNC(=O)CN[C@H](C)c2cccc(Cl)c2)cc1. The second kappa shape index (κ2) is 8.56. The van der Waals surface area contributed by atoms with Crippen LogP contribution in [-0.4, -0.2) is 19.6 Å². The zero-order valence-corrected chi connectivity index (χ0v) is 14.1. The van der Waals surface area contributed by atoms with Crippen LogP contribution < -0.4 is 15.4 Å². The van der Waals surface area contributed by atoms with Crippen molar-refractivity contribution in [3.63, 3.8) is 0 Å². The lowest BCUT2D eigenvalue weighted by Gasteiger charge is -2.14. The summed E-state index contributed by atoms with van der Waals surface area (Å²) in [5, 5.41) is 6.77. The van der Waals surface area contributed by atoms with Gasteiger partial charge in [-0.05, 0) is 42.3 Å². The number of halogens is 1. The molecule has 0 bridgehead atoms. The Balaban J connectivity index is 1.76. The van der Waals surface area contributed by atoms with Crippen LogP contribution in [0.25, 0.3) is 0 Å². The Morgan fingerprint density at radius 2 is 1.96 bits per heavy atom. The second-order valence-electron chi connectivity index (χ2n) is 5.28. The van der Waals surface area contributed by atoms with Crippen molar-refractivity contribution in [2.45, 2.75) is 19.5 Å². The van der Waals surface area contributed by atoms with Gasteiger partial charge in [-0.15, -0.1) is 0 Å². The van der Waals surface area contributed by atoms with E-state index in [1.54, 1.807) is 7.11 Å². The van der Waals surface area contributed by atoms with Crippen LogP contribution in [0.4, 0.5) is 0 Å². The van der Waals surface area contributed by atoms with Crippen LogP contribution in [0.1, 0.15) is 24.1 Å². The molecule has 2 rings (SSSR count). The third-order valence-electron chi connectivity index (χ3n) is 3.57. The molecule has 0 spiro atoms. The van der Waals surface area contributed by atoms with Crippen LogP contribution in [0.3, 0.4) is 0 Å². The minimum absolute atomic E-state index is 0.0466. The summed E-state index contributed by atoms with van der Waals surface area (Å²) in [7, 11) is 1.63. The summed E-state index contributed by atoms with van der Waals surface area (Å²) in [4.78, 5) is 11.9. The lowest BCUT2D eigenvalue weighted by Crippen LogP contribution is -2.34. The summed E-state index contributed by atoms with van der Waals surface area (Å²) in [6, 6.07) is 15.3. The third kappa shape index (κ3) is 5.58. The van der Waals surface area contributed by atoms with Gasteiger partial charge in [0.1, 0.15) is 5.75 Å². The molecule has 0 radical (unpaired) electrons. The van der Waals surface area contributed by atoms with Crippen LogP contribution in [0.2, 0.25) is 5.02 Å². The topological polar surface area (TPSA) is 50.4 Å². The first-order chi connectivity index (χ1) is 11.1. The first kappa shape index (κ1) is 17.3. The molecule has 2 N–H and O–H groups in total. The molecular weight excluding hydrogens is 312 g/mol. The van der Waals surface area contributed by atoms with Gasteiger partial charge in [0, 0.05) is 17.6 Å². The van der Waals surface area contributed by atoms with Crippen LogP contribution in [0.5, 0.6) is 5.75 Å². The highest BCUT2D eigenvalue weighted by Gasteiger charge is 2.08. The third-order valence-corrected chi connectivity index (χ3v) is 3.80. The molecule has 1 atom stereocenters. The zero-order valence-electron chi connectivity index (χ0n) is 13.3. The van der Waals surface area contributed by atoms with E-state index in [0.717, 1.165) is 16.9 Å². The Kier molecular flexibility index (Phi) is 6.44. The molecule has 1 amide bonds. The molecule has 0 unspecified atom stereocenters. The Hall–Kier alpha value is -2.04. The van der Waals surface area contributed by atoms with Crippen LogP contribution >= 0.6 is 11.6 Å². The van der Waals surface area contributed by atoms with Gasteiger partial charge in [-0.25, -0.2) is 0 Å². The maximum absolute atomic E-state index is 11.9. The van der Waals surface area contributed by atoms with E-state index in [2.05, 4.69) is 10.6 Å². The fraction of sp³-hybridized carbons (Fsp3) is 0.278. The van der Waals surface area contributed by atoms with Crippen LogP contribution in [0.15, 0.2) is 48.5 Å². The molecule has 0 fully saturated rings. The van der Waals surface area contributed by atoms with E-state index in [9.17, 15) is 4.79 Å². The van der Waals surface area contributed by atoms with Crippen molar-refractivity contribution in [2.24, 2.45) is 0 Å². The minimum Gasteiger partial charge on any atom is -0.497 e. The van der Waals surface area contributed by atoms with Crippen molar-refractivity contribution in [3.8, 4) is 5.75 Å². The van der Waals surface area contributed by atoms with E-state index < -0.39 is 0 Å². The molecule has 5 heteroatoms. The number of methoxy groups -OCH3 is 1. The molecule has 0 heterocycles. The van der Waals surface area contributed by atoms with Crippen molar-refractivity contribution in [1.82, 2.24) is 10.6 Å². The number of hydrogen-bond donors (Lipinski definition) is 2. The second-order valence-corrected chi connectivity index (χ2v) is 5.72. The monoisotopic (exact) mass is 332 g/mol. The molecule has 0 aliphatic rings. The first-order valence-corrected chi connectivity index (χ1v) is 7.85. The van der Waals surface area contributed by atoms with Gasteiger partial charge in [-0.1, -0.05) is 35.9 Å². The lowest BCUT2D eigenvalue weighted by molar-refractivity contribution is -0.120. The standard InChI is InChI=1S/C18H21ClN2O2/c1-13(15-4-3-5-16(19)10-15)20-12-18(22)21-11-14-6-8-17(23-2)9-7-14/h3-10,13,20H,11-12H2,1-2H3,(H,21,22)/t13-/m1/s1. The summed E-state index contributed by atoms with van der Waals surface area (Å²) in [5.41, 5.74) is 2.09. The number of benzene rings is 2. The summed E-state index contributed by atoms with van der Waals surface area (Å²) in [5.74, 6) is 0.756. The highest BCUT2D eigenvalue weighted by atomic mass is 35.5. The quantitative estimate of drug-likeness (QED) is 0.817. The number of rotatable bonds is 7. The van der Waals surface area contributed by atoms with Crippen LogP contribution in [0, 0.1) is 0 Å². The summed E-state index contributed by atoms with van der Waals surface area (Å²) in [6.07, 6.45) is 0. The lowest BCUT2D eigenvalue weighted by atomic mass is 10.1. The van der Waals surface area contributed by atoms with Crippen LogP contribution in [-0.2, 0) is 11.3 Å². The summed E-state index contributed by atoms with van der Waals surface area (Å²) in [6.45, 7) is 2.75. The minimum atomic E-state index is -0.0466. The average molecular weight is 333 g/mol. The number of carbonyl (C=O) groups is 1. The zero-order chi connectivity index (χ0) is 16.7. The maximum Gasteiger partial charge on any atom is 0.234 e. The predicted molar refractivity (Wildman–Crippen MR) is 92.7 cm³/mol. The maximum atomic E-state index is 11.9. The van der Waals surface area contributed by atoms with Gasteiger partial charge >= 0.3 is 0 Å². The molecule has 4 nitrogen and oxygen atoms in total. The molecule has 0 saturated heterocycles. The highest BCUT2D eigenvalue weighted by molar-refractivity contribution is 6.30. The van der Waals surface area contributed by atoms with Gasteiger partial charge in [-0.3, -0.25) is 4.79 Å². The van der Waals surface area contributed by atoms with E-state index >= 15 is 0 Å². The smallest absolute Gasteiger partial charge is 0.234 e. The van der Waals surface area contributed by atoms with Gasteiger partial charge in [0.05, 0.1) is 13.7 Å². The molecule has 0 saturated carbocycles.